The van der Waals surface area contributed by atoms with Crippen molar-refractivity contribution >= 4 is 33.6 Å². The van der Waals surface area contributed by atoms with Crippen LogP contribution in [0.1, 0.15) is 0 Å². The molecule has 0 heterocycles. The van der Waals surface area contributed by atoms with Crippen molar-refractivity contribution < 1.29 is 4.79 Å². The summed E-state index contributed by atoms with van der Waals surface area (Å²) in [7, 11) is 0. The third-order valence-electron chi connectivity index (χ3n) is 0.382. The third-order valence-corrected chi connectivity index (χ3v) is 0.694. The highest BCUT2D eigenvalue weighted by atomic mass is 127. The van der Waals surface area contributed by atoms with Crippen LogP contribution in [0.15, 0.2) is 12.7 Å². The topological polar surface area (TPSA) is 29.1 Å². The van der Waals surface area contributed by atoms with E-state index in [1.807, 2.05) is 22.4 Å². The molecule has 0 aromatic carbocycles. The SMILES string of the molecule is C=CC(=O)N[B]I. The predicted octanol–water partition coefficient (Wildman–Crippen LogP) is 0.258. The van der Waals surface area contributed by atoms with Crippen LogP contribution in [0.2, 0.25) is 0 Å². The molecule has 0 aliphatic heterocycles. The Bertz CT molecular complexity index is 85.0. The van der Waals surface area contributed by atoms with Crippen molar-refractivity contribution in [2.24, 2.45) is 0 Å². The van der Waals surface area contributed by atoms with Gasteiger partial charge in [-0.05, 0) is 6.08 Å². The van der Waals surface area contributed by atoms with E-state index < -0.39 is 0 Å². The molecule has 1 N–H and O–H groups in total. The number of hydrogen-bond donors (Lipinski definition) is 1. The zero-order valence-corrected chi connectivity index (χ0v) is 5.81. The quantitative estimate of drug-likeness (QED) is 0.393. The maximum Gasteiger partial charge on any atom is 0.331 e. The number of nitrogens with one attached hydrogen (secondary N) is 1. The molecule has 0 unspecified atom stereocenters. The summed E-state index contributed by atoms with van der Waals surface area (Å²) in [5, 5.41) is 3.93. The lowest BCUT2D eigenvalue weighted by Gasteiger charge is -1.87. The Morgan fingerprint density at radius 1 is 2.00 bits per heavy atom. The highest BCUT2D eigenvalue weighted by Gasteiger charge is 1.87. The van der Waals surface area contributed by atoms with E-state index >= 15 is 0 Å². The van der Waals surface area contributed by atoms with Crippen LogP contribution in [0, 0.1) is 0 Å². The van der Waals surface area contributed by atoms with E-state index in [1.165, 1.54) is 11.3 Å². The van der Waals surface area contributed by atoms with E-state index in [9.17, 15) is 4.79 Å². The Morgan fingerprint density at radius 3 is 2.71 bits per heavy atom. The molecule has 37 valence electrons. The summed E-state index contributed by atoms with van der Waals surface area (Å²) in [6.07, 6.45) is 1.22. The maximum atomic E-state index is 10.1. The Kier molecular flexibility index (Phi) is 4.17. The van der Waals surface area contributed by atoms with Gasteiger partial charge in [0, 0.05) is 0 Å². The fraction of sp³-hybridized carbons (Fsp3) is 0. The zero-order valence-electron chi connectivity index (χ0n) is 3.65. The molecule has 0 aliphatic carbocycles. The number of halogens is 1. The molecule has 7 heavy (non-hydrogen) atoms. The van der Waals surface area contributed by atoms with Gasteiger partial charge >= 0.3 is 5.27 Å². The molecule has 0 atom stereocenters. The Morgan fingerprint density at radius 2 is 2.57 bits per heavy atom. The lowest BCUT2D eigenvalue weighted by molar-refractivity contribution is -0.114. The molecule has 0 aliphatic rings. The molecular weight excluding hydrogens is 204 g/mol. The van der Waals surface area contributed by atoms with E-state index in [0.717, 1.165) is 0 Å². The fourth-order valence-corrected chi connectivity index (χ4v) is 0.420. The van der Waals surface area contributed by atoms with Crippen LogP contribution in [0.5, 0.6) is 0 Å². The molecule has 0 rings (SSSR count). The minimum atomic E-state index is -0.172. The van der Waals surface area contributed by atoms with Crippen LogP contribution >= 0.6 is 22.4 Å². The fourth-order valence-electron chi connectivity index (χ4n) is 0.113. The third kappa shape index (κ3) is 3.85. The highest BCUT2D eigenvalue weighted by molar-refractivity contribution is 14.1. The highest BCUT2D eigenvalue weighted by Crippen LogP contribution is 1.69. The van der Waals surface area contributed by atoms with Crippen molar-refractivity contribution in [3.63, 3.8) is 0 Å². The van der Waals surface area contributed by atoms with Crippen molar-refractivity contribution in [1.82, 2.24) is 5.23 Å². The summed E-state index contributed by atoms with van der Waals surface area (Å²) in [5.74, 6) is -0.172. The van der Waals surface area contributed by atoms with Gasteiger partial charge in [-0.25, -0.2) is 0 Å². The number of rotatable bonds is 2. The molecule has 0 fully saturated rings. The minimum absolute atomic E-state index is 0.172. The van der Waals surface area contributed by atoms with Gasteiger partial charge in [0.2, 0.25) is 5.91 Å². The number of carbonyl (C=O) groups excluding carboxylic acids is 1. The van der Waals surface area contributed by atoms with Crippen LogP contribution < -0.4 is 5.23 Å². The van der Waals surface area contributed by atoms with Crippen molar-refractivity contribution in [1.29, 1.82) is 0 Å². The van der Waals surface area contributed by atoms with Crippen molar-refractivity contribution in [2.45, 2.75) is 0 Å². The number of amides is 1. The molecular formula is C3H4BINO. The van der Waals surface area contributed by atoms with E-state index in [1.54, 1.807) is 0 Å². The molecule has 0 spiro atoms. The molecule has 0 saturated carbocycles. The van der Waals surface area contributed by atoms with Gasteiger partial charge in [0.15, 0.2) is 0 Å². The lowest BCUT2D eigenvalue weighted by atomic mass is 10.4. The molecule has 1 amide bonds. The minimum Gasteiger partial charge on any atom is -0.390 e. The summed E-state index contributed by atoms with van der Waals surface area (Å²) in [6, 6.07) is 0. The van der Waals surface area contributed by atoms with Gasteiger partial charge in [-0.1, -0.05) is 6.58 Å². The van der Waals surface area contributed by atoms with Gasteiger partial charge in [-0.15, -0.1) is 22.4 Å². The Balaban J connectivity index is 3.17. The summed E-state index contributed by atoms with van der Waals surface area (Å²) in [5.41, 5.74) is 0. The van der Waals surface area contributed by atoms with Crippen molar-refractivity contribution in [2.75, 3.05) is 0 Å². The molecule has 1 radical (unpaired) electrons. The Labute approximate surface area is 56.5 Å². The first-order chi connectivity index (χ1) is 3.31. The molecule has 0 bridgehead atoms. The van der Waals surface area contributed by atoms with Crippen LogP contribution in [0.4, 0.5) is 0 Å². The Hall–Kier alpha value is 0.00494. The number of carbonyl (C=O) groups is 1. The average molecular weight is 208 g/mol. The standard InChI is InChI=1S/C3H4BINO/c1-2-3(7)6-4-5/h2H,1H2,(H,6,7). The van der Waals surface area contributed by atoms with Crippen LogP contribution in [0.25, 0.3) is 0 Å². The largest absolute Gasteiger partial charge is 0.390 e. The monoisotopic (exact) mass is 208 g/mol. The second kappa shape index (κ2) is 4.17. The molecule has 0 saturated heterocycles. The van der Waals surface area contributed by atoms with Crippen LogP contribution in [-0.4, -0.2) is 11.2 Å². The van der Waals surface area contributed by atoms with Gasteiger partial charge in [0.05, 0.1) is 0 Å². The first kappa shape index (κ1) is 7.00. The summed E-state index contributed by atoms with van der Waals surface area (Å²) < 4.78 is 0. The maximum absolute atomic E-state index is 10.1. The first-order valence-corrected chi connectivity index (χ1v) is 2.90. The van der Waals surface area contributed by atoms with Gasteiger partial charge < -0.3 is 5.23 Å². The summed E-state index contributed by atoms with van der Waals surface area (Å²) in [4.78, 5) is 10.1. The van der Waals surface area contributed by atoms with E-state index in [4.69, 9.17) is 0 Å². The molecule has 0 aromatic rings. The first-order valence-electron chi connectivity index (χ1n) is 1.66. The second-order valence-electron chi connectivity index (χ2n) is 0.822. The summed E-state index contributed by atoms with van der Waals surface area (Å²) in [6.45, 7) is 3.24. The van der Waals surface area contributed by atoms with Gasteiger partial charge in [0.25, 0.3) is 0 Å². The van der Waals surface area contributed by atoms with Gasteiger partial charge in [-0.2, -0.15) is 0 Å². The van der Waals surface area contributed by atoms with E-state index in [0.29, 0.717) is 0 Å². The lowest BCUT2D eigenvalue weighted by Crippen LogP contribution is -2.20. The van der Waals surface area contributed by atoms with Gasteiger partial charge in [-0.3, -0.25) is 4.79 Å². The van der Waals surface area contributed by atoms with Crippen LogP contribution in [0.3, 0.4) is 0 Å². The molecule has 2 nitrogen and oxygen atoms in total. The normalized spacial score (nSPS) is 7.00. The molecule has 0 aromatic heterocycles. The average Bonchev–Trinajstić information content (AvgIpc) is 1.68. The van der Waals surface area contributed by atoms with Gasteiger partial charge in [0.1, 0.15) is 0 Å². The second-order valence-corrected chi connectivity index (χ2v) is 1.44. The van der Waals surface area contributed by atoms with Crippen LogP contribution in [-0.2, 0) is 4.79 Å². The summed E-state index contributed by atoms with van der Waals surface area (Å²) >= 11 is 1.92. The van der Waals surface area contributed by atoms with E-state index in [-0.39, 0.29) is 5.91 Å². The van der Waals surface area contributed by atoms with Crippen molar-refractivity contribution in [3.05, 3.63) is 12.7 Å². The smallest absolute Gasteiger partial charge is 0.331 e. The number of hydrogen-bond acceptors (Lipinski definition) is 1. The predicted molar refractivity (Wildman–Crippen MR) is 38.1 cm³/mol. The molecule has 4 heteroatoms. The van der Waals surface area contributed by atoms with E-state index in [2.05, 4.69) is 11.8 Å². The zero-order chi connectivity index (χ0) is 5.70. The van der Waals surface area contributed by atoms with Crippen molar-refractivity contribution in [3.8, 4) is 0 Å².